The van der Waals surface area contributed by atoms with Gasteiger partial charge in [0.2, 0.25) is 0 Å². The van der Waals surface area contributed by atoms with E-state index in [0.717, 1.165) is 25.7 Å². The second-order valence-electron chi connectivity index (χ2n) is 6.75. The van der Waals surface area contributed by atoms with Crippen molar-refractivity contribution in [3.05, 3.63) is 70.8 Å². The fourth-order valence-corrected chi connectivity index (χ4v) is 2.87. The Bertz CT molecular complexity index is 1010. The van der Waals surface area contributed by atoms with Gasteiger partial charge in [0.25, 0.3) is 0 Å². The van der Waals surface area contributed by atoms with Crippen LogP contribution in [0.25, 0.3) is 12.2 Å². The summed E-state index contributed by atoms with van der Waals surface area (Å²) in [6, 6.07) is 22.1. The van der Waals surface area contributed by atoms with Crippen LogP contribution in [0.15, 0.2) is 59.7 Å². The summed E-state index contributed by atoms with van der Waals surface area (Å²) in [6.07, 6.45) is 6.73. The number of hydrogen-bond acceptors (Lipinski definition) is 6. The predicted octanol–water partition coefficient (Wildman–Crippen LogP) is 5.57. The number of para-hydroxylation sites is 2. The molecule has 6 heteroatoms. The van der Waals surface area contributed by atoms with Crippen LogP contribution in [0.1, 0.15) is 36.8 Å². The van der Waals surface area contributed by atoms with Crippen LogP contribution < -0.4 is 9.47 Å². The van der Waals surface area contributed by atoms with Crippen LogP contribution in [-0.4, -0.2) is 13.2 Å². The zero-order valence-corrected chi connectivity index (χ0v) is 17.6. The lowest BCUT2D eigenvalue weighted by atomic mass is 10.1. The van der Waals surface area contributed by atoms with Crippen molar-refractivity contribution in [2.45, 2.75) is 25.7 Å². The van der Waals surface area contributed by atoms with Gasteiger partial charge in [0.05, 0.1) is 13.2 Å². The lowest BCUT2D eigenvalue weighted by molar-refractivity contribution is 0.287. The molecule has 0 N–H and O–H groups in total. The van der Waals surface area contributed by atoms with Crippen molar-refractivity contribution in [1.29, 1.82) is 21.0 Å². The fourth-order valence-electron chi connectivity index (χ4n) is 2.87. The summed E-state index contributed by atoms with van der Waals surface area (Å²) >= 11 is 0. The molecule has 0 radical (unpaired) electrons. The topological polar surface area (TPSA) is 114 Å². The molecule has 158 valence electrons. The van der Waals surface area contributed by atoms with Gasteiger partial charge in [0.15, 0.2) is 0 Å². The Labute approximate surface area is 188 Å². The highest BCUT2D eigenvalue weighted by Crippen LogP contribution is 2.22. The maximum Gasteiger partial charge on any atom is 0.130 e. The molecule has 0 bridgehead atoms. The van der Waals surface area contributed by atoms with Crippen LogP contribution in [0.3, 0.4) is 0 Å². The SMILES string of the molecule is N#CC(C#N)=Cc1ccccc1OCCCCCCOc1ccccc1C=C(C#N)C#N. The molecule has 2 rings (SSSR count). The number of benzene rings is 2. The van der Waals surface area contributed by atoms with Crippen molar-refractivity contribution in [2.24, 2.45) is 0 Å². The minimum absolute atomic E-state index is 0.0367. The van der Waals surface area contributed by atoms with E-state index in [0.29, 0.717) is 35.8 Å². The fraction of sp³-hybridized carbons (Fsp3) is 0.231. The standard InChI is InChI=1S/C26H22N4O2/c27-17-21(18-28)15-23-9-3-5-11-25(23)31-13-7-1-2-8-14-32-26-12-6-4-10-24(26)16-22(19-29)20-30/h3-6,9-12,15-16H,1-2,7-8,13-14H2. The van der Waals surface area contributed by atoms with Crippen LogP contribution in [0, 0.1) is 45.3 Å². The normalized spacial score (nSPS) is 9.25. The number of allylic oxidation sites excluding steroid dienone is 2. The largest absolute Gasteiger partial charge is 0.493 e. The molecule has 0 fully saturated rings. The van der Waals surface area contributed by atoms with Gasteiger partial charge in [-0.25, -0.2) is 0 Å². The molecule has 6 nitrogen and oxygen atoms in total. The third-order valence-corrected chi connectivity index (χ3v) is 4.47. The van der Waals surface area contributed by atoms with Crippen molar-refractivity contribution in [1.82, 2.24) is 0 Å². The molecule has 0 aliphatic heterocycles. The van der Waals surface area contributed by atoms with Crippen molar-refractivity contribution < 1.29 is 9.47 Å². The molecule has 0 heterocycles. The third-order valence-electron chi connectivity index (χ3n) is 4.47. The molecule has 0 aromatic heterocycles. The molecule has 0 aliphatic rings. The Morgan fingerprint density at radius 3 is 1.34 bits per heavy atom. The van der Waals surface area contributed by atoms with Gasteiger partial charge < -0.3 is 9.47 Å². The first-order chi connectivity index (χ1) is 15.7. The maximum atomic E-state index is 8.92. The molecule has 2 aromatic carbocycles. The molecule has 2 aromatic rings. The molecule has 0 saturated carbocycles. The van der Waals surface area contributed by atoms with E-state index in [9.17, 15) is 0 Å². The lowest BCUT2D eigenvalue weighted by Gasteiger charge is -2.10. The average Bonchev–Trinajstić information content (AvgIpc) is 2.84. The Balaban J connectivity index is 1.73. The molecule has 32 heavy (non-hydrogen) atoms. The van der Waals surface area contributed by atoms with Gasteiger partial charge >= 0.3 is 0 Å². The Kier molecular flexibility index (Phi) is 10.1. The van der Waals surface area contributed by atoms with Gasteiger partial charge in [-0.1, -0.05) is 36.4 Å². The first-order valence-corrected chi connectivity index (χ1v) is 10.2. The summed E-state index contributed by atoms with van der Waals surface area (Å²) in [7, 11) is 0. The second-order valence-corrected chi connectivity index (χ2v) is 6.75. The van der Waals surface area contributed by atoms with Gasteiger partial charge in [-0.05, 0) is 50.0 Å². The Morgan fingerprint density at radius 2 is 0.969 bits per heavy atom. The lowest BCUT2D eigenvalue weighted by Crippen LogP contribution is -2.01. The summed E-state index contributed by atoms with van der Waals surface area (Å²) < 4.78 is 11.6. The highest BCUT2D eigenvalue weighted by molar-refractivity contribution is 5.67. The van der Waals surface area contributed by atoms with E-state index in [1.165, 1.54) is 12.2 Å². The van der Waals surface area contributed by atoms with E-state index >= 15 is 0 Å². The third kappa shape index (κ3) is 7.72. The van der Waals surface area contributed by atoms with Crippen LogP contribution in [0.5, 0.6) is 11.5 Å². The smallest absolute Gasteiger partial charge is 0.130 e. The summed E-state index contributed by atoms with van der Waals surface area (Å²) in [5.74, 6) is 1.30. The molecular formula is C26H22N4O2. The van der Waals surface area contributed by atoms with Gasteiger partial charge in [-0.15, -0.1) is 0 Å². The van der Waals surface area contributed by atoms with Crippen LogP contribution in [0.4, 0.5) is 0 Å². The number of hydrogen-bond donors (Lipinski definition) is 0. The van der Waals surface area contributed by atoms with Gasteiger partial charge in [-0.2, -0.15) is 21.0 Å². The highest BCUT2D eigenvalue weighted by Gasteiger charge is 2.04. The summed E-state index contributed by atoms with van der Waals surface area (Å²) in [6.45, 7) is 1.08. The molecule has 0 amide bonds. The number of nitrogens with zero attached hydrogens (tertiary/aromatic N) is 4. The Morgan fingerprint density at radius 1 is 0.594 bits per heavy atom. The van der Waals surface area contributed by atoms with Crippen molar-refractivity contribution >= 4 is 12.2 Å². The van der Waals surface area contributed by atoms with E-state index in [4.69, 9.17) is 30.5 Å². The van der Waals surface area contributed by atoms with Crippen LogP contribution >= 0.6 is 0 Å². The monoisotopic (exact) mass is 422 g/mol. The minimum Gasteiger partial charge on any atom is -0.493 e. The number of rotatable bonds is 11. The van der Waals surface area contributed by atoms with E-state index in [-0.39, 0.29) is 11.1 Å². The molecule has 0 unspecified atom stereocenters. The van der Waals surface area contributed by atoms with Crippen LogP contribution in [-0.2, 0) is 0 Å². The van der Waals surface area contributed by atoms with Crippen molar-refractivity contribution in [3.8, 4) is 35.8 Å². The first-order valence-electron chi connectivity index (χ1n) is 10.2. The predicted molar refractivity (Wildman–Crippen MR) is 121 cm³/mol. The Hall–Kier alpha value is -4.52. The molecular weight excluding hydrogens is 400 g/mol. The number of unbranched alkanes of at least 4 members (excludes halogenated alkanes) is 3. The molecule has 0 spiro atoms. The van der Waals surface area contributed by atoms with E-state index < -0.39 is 0 Å². The summed E-state index contributed by atoms with van der Waals surface area (Å²) in [4.78, 5) is 0. The van der Waals surface area contributed by atoms with E-state index in [1.54, 1.807) is 0 Å². The van der Waals surface area contributed by atoms with Crippen molar-refractivity contribution in [2.75, 3.05) is 13.2 Å². The van der Waals surface area contributed by atoms with E-state index in [2.05, 4.69) is 0 Å². The second kappa shape index (κ2) is 13.7. The maximum absolute atomic E-state index is 8.92. The van der Waals surface area contributed by atoms with Crippen LogP contribution in [0.2, 0.25) is 0 Å². The molecule has 0 atom stereocenters. The molecule has 0 saturated heterocycles. The zero-order valence-electron chi connectivity index (χ0n) is 17.6. The zero-order chi connectivity index (χ0) is 23.0. The highest BCUT2D eigenvalue weighted by atomic mass is 16.5. The average molecular weight is 422 g/mol. The van der Waals surface area contributed by atoms with Gasteiger partial charge in [-0.3, -0.25) is 0 Å². The van der Waals surface area contributed by atoms with Gasteiger partial charge in [0, 0.05) is 11.1 Å². The number of nitriles is 4. The summed E-state index contributed by atoms with van der Waals surface area (Å²) in [5.41, 5.74) is 1.49. The van der Waals surface area contributed by atoms with Gasteiger partial charge in [0.1, 0.15) is 46.9 Å². The minimum atomic E-state index is 0.0367. The van der Waals surface area contributed by atoms with E-state index in [1.807, 2.05) is 72.8 Å². The quantitative estimate of drug-likeness (QED) is 0.346. The number of ether oxygens (including phenoxy) is 2. The summed E-state index contributed by atoms with van der Waals surface area (Å²) in [5, 5.41) is 35.7. The first kappa shape index (κ1) is 23.8. The molecule has 0 aliphatic carbocycles. The van der Waals surface area contributed by atoms with Crippen molar-refractivity contribution in [3.63, 3.8) is 0 Å².